The van der Waals surface area contributed by atoms with Gasteiger partial charge in [-0.2, -0.15) is 5.10 Å². The van der Waals surface area contributed by atoms with Crippen molar-refractivity contribution in [2.24, 2.45) is 7.05 Å². The number of anilines is 1. The molecular formula is C16H19N5. The van der Waals surface area contributed by atoms with Crippen LogP contribution in [0.2, 0.25) is 0 Å². The van der Waals surface area contributed by atoms with Gasteiger partial charge in [0.1, 0.15) is 0 Å². The highest BCUT2D eigenvalue weighted by atomic mass is 15.3. The molecule has 1 aliphatic rings. The molecule has 21 heavy (non-hydrogen) atoms. The van der Waals surface area contributed by atoms with Crippen LogP contribution in [-0.2, 0) is 7.05 Å². The second-order valence-electron chi connectivity index (χ2n) is 5.73. The summed E-state index contributed by atoms with van der Waals surface area (Å²) in [7, 11) is 2.01. The van der Waals surface area contributed by atoms with Crippen molar-refractivity contribution in [2.45, 2.75) is 26.3 Å². The van der Waals surface area contributed by atoms with Crippen LogP contribution in [0.15, 0.2) is 24.3 Å². The minimum Gasteiger partial charge on any atom is -0.356 e. The zero-order chi connectivity index (χ0) is 14.6. The quantitative estimate of drug-likeness (QED) is 0.746. The van der Waals surface area contributed by atoms with Crippen LogP contribution < -0.4 is 5.32 Å². The number of rotatable bonds is 1. The predicted octanol–water partition coefficient (Wildman–Crippen LogP) is 2.79. The molecule has 5 nitrogen and oxygen atoms in total. The fourth-order valence-electron chi connectivity index (χ4n) is 3.48. The van der Waals surface area contributed by atoms with Crippen LogP contribution in [0, 0.1) is 13.8 Å². The number of benzene rings is 1. The summed E-state index contributed by atoms with van der Waals surface area (Å²) in [5.41, 5.74) is 5.93. The molecule has 0 radical (unpaired) electrons. The Morgan fingerprint density at radius 2 is 2.05 bits per heavy atom. The van der Waals surface area contributed by atoms with Crippen molar-refractivity contribution in [2.75, 3.05) is 11.9 Å². The lowest BCUT2D eigenvalue weighted by Gasteiger charge is -2.27. The van der Waals surface area contributed by atoms with E-state index in [-0.39, 0.29) is 0 Å². The number of aromatic nitrogens is 4. The first-order valence-electron chi connectivity index (χ1n) is 7.37. The van der Waals surface area contributed by atoms with Crippen LogP contribution in [-0.4, -0.2) is 25.9 Å². The molecule has 3 aromatic rings. The van der Waals surface area contributed by atoms with Crippen molar-refractivity contribution >= 4 is 17.0 Å². The van der Waals surface area contributed by atoms with Gasteiger partial charge in [0.15, 0.2) is 0 Å². The molecule has 0 amide bonds. The van der Waals surface area contributed by atoms with Crippen LogP contribution in [0.25, 0.3) is 11.0 Å². The summed E-state index contributed by atoms with van der Waals surface area (Å²) in [5, 5.41) is 8.01. The van der Waals surface area contributed by atoms with E-state index < -0.39 is 0 Å². The normalized spacial score (nSPS) is 17.8. The third-order valence-corrected chi connectivity index (χ3v) is 4.51. The van der Waals surface area contributed by atoms with Crippen molar-refractivity contribution in [1.29, 1.82) is 0 Å². The average molecular weight is 281 g/mol. The minimum absolute atomic E-state index is 0.308. The lowest BCUT2D eigenvalue weighted by Crippen LogP contribution is -2.24. The van der Waals surface area contributed by atoms with E-state index in [4.69, 9.17) is 4.98 Å². The Morgan fingerprint density at radius 1 is 1.24 bits per heavy atom. The van der Waals surface area contributed by atoms with Crippen molar-refractivity contribution in [3.8, 4) is 0 Å². The van der Waals surface area contributed by atoms with Gasteiger partial charge in [-0.1, -0.05) is 12.1 Å². The number of nitrogens with zero attached hydrogens (tertiary/aromatic N) is 4. The molecule has 0 spiro atoms. The van der Waals surface area contributed by atoms with Crippen LogP contribution in [0.1, 0.15) is 29.4 Å². The second-order valence-corrected chi connectivity index (χ2v) is 5.73. The van der Waals surface area contributed by atoms with E-state index in [9.17, 15) is 0 Å². The maximum atomic E-state index is 4.72. The SMILES string of the molecule is Cc1nn(C)c(C)c1C1CCNc2nc3ccccc3n21. The first-order chi connectivity index (χ1) is 10.2. The standard InChI is InChI=1S/C16H19N5/c1-10-15(11(2)20(3)19-10)14-8-9-17-16-18-12-6-4-5-7-13(12)21(14)16/h4-7,14H,8-9H2,1-3H3,(H,17,18). The Balaban J connectivity index is 1.98. The van der Waals surface area contributed by atoms with Gasteiger partial charge >= 0.3 is 0 Å². The molecular weight excluding hydrogens is 262 g/mol. The molecule has 1 N–H and O–H groups in total. The third kappa shape index (κ3) is 1.70. The van der Waals surface area contributed by atoms with Gasteiger partial charge in [-0.25, -0.2) is 4.98 Å². The van der Waals surface area contributed by atoms with Gasteiger partial charge in [0, 0.05) is 24.8 Å². The summed E-state index contributed by atoms with van der Waals surface area (Å²) in [6, 6.07) is 8.64. The average Bonchev–Trinajstić information content (AvgIpc) is 2.97. The Bertz CT molecular complexity index is 827. The molecule has 108 valence electrons. The van der Waals surface area contributed by atoms with Gasteiger partial charge in [0.25, 0.3) is 0 Å². The first kappa shape index (κ1) is 12.4. The van der Waals surface area contributed by atoms with E-state index >= 15 is 0 Å². The lowest BCUT2D eigenvalue weighted by atomic mass is 10.00. The molecule has 0 saturated heterocycles. The third-order valence-electron chi connectivity index (χ3n) is 4.51. The van der Waals surface area contributed by atoms with E-state index in [1.54, 1.807) is 0 Å². The van der Waals surface area contributed by atoms with E-state index in [1.807, 2.05) is 17.8 Å². The summed E-state index contributed by atoms with van der Waals surface area (Å²) in [5.74, 6) is 0.968. The number of nitrogens with one attached hydrogen (secondary N) is 1. The summed E-state index contributed by atoms with van der Waals surface area (Å²) in [6.07, 6.45) is 1.06. The predicted molar refractivity (Wildman–Crippen MR) is 83.7 cm³/mol. The molecule has 1 aliphatic heterocycles. The summed E-state index contributed by atoms with van der Waals surface area (Å²) < 4.78 is 4.31. The number of imidazole rings is 1. The van der Waals surface area contributed by atoms with Crippen LogP contribution in [0.5, 0.6) is 0 Å². The molecule has 0 aliphatic carbocycles. The monoisotopic (exact) mass is 281 g/mol. The number of hydrogen-bond acceptors (Lipinski definition) is 3. The Morgan fingerprint density at radius 3 is 2.81 bits per heavy atom. The molecule has 0 saturated carbocycles. The molecule has 1 atom stereocenters. The first-order valence-corrected chi connectivity index (χ1v) is 7.37. The number of para-hydroxylation sites is 2. The van der Waals surface area contributed by atoms with Crippen LogP contribution in [0.3, 0.4) is 0 Å². The number of fused-ring (bicyclic) bond motifs is 3. The fraction of sp³-hybridized carbons (Fsp3) is 0.375. The van der Waals surface area contributed by atoms with Gasteiger partial charge < -0.3 is 9.88 Å². The van der Waals surface area contributed by atoms with Crippen molar-refractivity contribution < 1.29 is 0 Å². The lowest BCUT2D eigenvalue weighted by molar-refractivity contribution is 0.537. The molecule has 4 rings (SSSR count). The fourth-order valence-corrected chi connectivity index (χ4v) is 3.48. The highest BCUT2D eigenvalue weighted by Crippen LogP contribution is 2.36. The number of aryl methyl sites for hydroxylation is 2. The molecule has 3 heterocycles. The Hall–Kier alpha value is -2.30. The van der Waals surface area contributed by atoms with Crippen LogP contribution >= 0.6 is 0 Å². The van der Waals surface area contributed by atoms with E-state index in [0.29, 0.717) is 6.04 Å². The topological polar surface area (TPSA) is 47.7 Å². The molecule has 1 aromatic carbocycles. The zero-order valence-electron chi connectivity index (χ0n) is 12.6. The molecule has 1 unspecified atom stereocenters. The summed E-state index contributed by atoms with van der Waals surface area (Å²) >= 11 is 0. The van der Waals surface area contributed by atoms with E-state index in [1.165, 1.54) is 16.8 Å². The van der Waals surface area contributed by atoms with Gasteiger partial charge in [0.2, 0.25) is 5.95 Å². The highest BCUT2D eigenvalue weighted by molar-refractivity contribution is 5.79. The molecule has 0 bridgehead atoms. The minimum atomic E-state index is 0.308. The maximum absolute atomic E-state index is 4.72. The zero-order valence-corrected chi connectivity index (χ0v) is 12.6. The van der Waals surface area contributed by atoms with Crippen molar-refractivity contribution in [1.82, 2.24) is 19.3 Å². The molecule has 2 aromatic heterocycles. The number of hydrogen-bond donors (Lipinski definition) is 1. The van der Waals surface area contributed by atoms with Gasteiger partial charge in [0.05, 0.1) is 22.8 Å². The molecule has 0 fully saturated rings. The Kier molecular flexibility index (Phi) is 2.58. The maximum Gasteiger partial charge on any atom is 0.204 e. The van der Waals surface area contributed by atoms with Crippen molar-refractivity contribution in [3.05, 3.63) is 41.2 Å². The van der Waals surface area contributed by atoms with Gasteiger partial charge in [-0.3, -0.25) is 4.68 Å². The van der Waals surface area contributed by atoms with Crippen molar-refractivity contribution in [3.63, 3.8) is 0 Å². The Labute approximate surface area is 123 Å². The largest absolute Gasteiger partial charge is 0.356 e. The highest BCUT2D eigenvalue weighted by Gasteiger charge is 2.28. The van der Waals surface area contributed by atoms with Crippen LogP contribution in [0.4, 0.5) is 5.95 Å². The van der Waals surface area contributed by atoms with E-state index in [0.717, 1.165) is 30.1 Å². The van der Waals surface area contributed by atoms with Gasteiger partial charge in [-0.05, 0) is 32.4 Å². The van der Waals surface area contributed by atoms with E-state index in [2.05, 4.69) is 47.0 Å². The van der Waals surface area contributed by atoms with Gasteiger partial charge in [-0.15, -0.1) is 0 Å². The molecule has 5 heteroatoms. The smallest absolute Gasteiger partial charge is 0.204 e. The second kappa shape index (κ2) is 4.35. The summed E-state index contributed by atoms with van der Waals surface area (Å²) in [6.45, 7) is 5.20. The summed E-state index contributed by atoms with van der Waals surface area (Å²) in [4.78, 5) is 4.72.